The molecule has 2 aromatic rings. The van der Waals surface area contributed by atoms with Crippen LogP contribution in [0, 0.1) is 0 Å². The Morgan fingerprint density at radius 1 is 1.00 bits per heavy atom. The standard InChI is InChI=1S/C9H7N.2ClH.H2N.Pt/c1-2-4-9-7-10-6-5-8(9)3-1;;;;/h1-7H;2*1H;1H2;/q;;;-1;+2/p-2. The molecule has 5 heteroatoms. The van der Waals surface area contributed by atoms with Gasteiger partial charge in [-0.3, -0.25) is 4.98 Å². The number of fused-ring (bicyclic) bond motifs is 1. The molecule has 0 radical (unpaired) electrons. The first-order valence-electron chi connectivity index (χ1n) is 3.49. The van der Waals surface area contributed by atoms with Crippen molar-refractivity contribution in [3.05, 3.63) is 48.9 Å². The van der Waals surface area contributed by atoms with Gasteiger partial charge in [-0.05, 0) is 16.8 Å². The summed E-state index contributed by atoms with van der Waals surface area (Å²) >= 11 is -0.472. The van der Waals surface area contributed by atoms with Crippen LogP contribution in [0.4, 0.5) is 0 Å². The summed E-state index contributed by atoms with van der Waals surface area (Å²) in [7, 11) is 9.75. The first-order chi connectivity index (χ1) is 6.38. The van der Waals surface area contributed by atoms with Gasteiger partial charge in [0.2, 0.25) is 0 Å². The molecule has 0 unspecified atom stereocenters. The molecule has 0 saturated heterocycles. The fourth-order valence-corrected chi connectivity index (χ4v) is 1.03. The average molecular weight is 411 g/mol. The molecule has 0 aliphatic carbocycles. The molecular formula is C9H9Cl2N2Pt-. The zero-order chi connectivity index (χ0) is 9.52. The fourth-order valence-electron chi connectivity index (χ4n) is 1.03. The molecule has 0 fully saturated rings. The van der Waals surface area contributed by atoms with Crippen LogP contribution in [0.25, 0.3) is 16.9 Å². The Hall–Kier alpha value is -0.142. The molecule has 14 heavy (non-hydrogen) atoms. The minimum atomic E-state index is -0.472. The van der Waals surface area contributed by atoms with Crippen LogP contribution in [0.1, 0.15) is 0 Å². The van der Waals surface area contributed by atoms with Gasteiger partial charge in [0, 0.05) is 12.4 Å². The molecule has 0 aliphatic rings. The SMILES string of the molecule is [Cl][Pt][Cl].[NH2-].c1ccc2cnccc2c1. The maximum absolute atomic E-state index is 4.88. The monoisotopic (exact) mass is 410 g/mol. The second-order valence-corrected chi connectivity index (χ2v) is 5.55. The van der Waals surface area contributed by atoms with Crippen LogP contribution >= 0.6 is 18.8 Å². The predicted molar refractivity (Wildman–Crippen MR) is 58.7 cm³/mol. The summed E-state index contributed by atoms with van der Waals surface area (Å²) in [5.74, 6) is 0. The number of hydrogen-bond acceptors (Lipinski definition) is 1. The topological polar surface area (TPSA) is 46.4 Å². The van der Waals surface area contributed by atoms with E-state index in [1.165, 1.54) is 10.8 Å². The van der Waals surface area contributed by atoms with Crippen molar-refractivity contribution in [2.45, 2.75) is 0 Å². The number of aromatic nitrogens is 1. The average Bonchev–Trinajstić information content (AvgIpc) is 2.19. The zero-order valence-electron chi connectivity index (χ0n) is 7.14. The molecule has 2 nitrogen and oxygen atoms in total. The van der Waals surface area contributed by atoms with E-state index in [-0.39, 0.29) is 6.15 Å². The van der Waals surface area contributed by atoms with Gasteiger partial charge in [-0.2, -0.15) is 0 Å². The van der Waals surface area contributed by atoms with E-state index in [0.717, 1.165) is 0 Å². The summed E-state index contributed by atoms with van der Waals surface area (Å²) in [4.78, 5) is 4.01. The number of nitrogens with zero attached hydrogens (tertiary/aromatic N) is 1. The second-order valence-electron chi connectivity index (χ2n) is 2.27. The molecule has 0 atom stereocenters. The first kappa shape index (κ1) is 13.9. The zero-order valence-corrected chi connectivity index (χ0v) is 10.9. The molecule has 1 heterocycles. The number of benzene rings is 1. The van der Waals surface area contributed by atoms with Crippen molar-refractivity contribution < 1.29 is 16.5 Å². The normalized spacial score (nSPS) is 8.71. The molecule has 2 N–H and O–H groups in total. The van der Waals surface area contributed by atoms with Crippen molar-refractivity contribution in [2.75, 3.05) is 0 Å². The third-order valence-electron chi connectivity index (χ3n) is 1.55. The van der Waals surface area contributed by atoms with Crippen LogP contribution in [0.15, 0.2) is 42.7 Å². The van der Waals surface area contributed by atoms with E-state index in [9.17, 15) is 0 Å². The van der Waals surface area contributed by atoms with E-state index in [1.807, 2.05) is 30.6 Å². The molecule has 1 aromatic carbocycles. The summed E-state index contributed by atoms with van der Waals surface area (Å²) in [5, 5.41) is 2.45. The van der Waals surface area contributed by atoms with Gasteiger partial charge in [0.05, 0.1) is 0 Å². The summed E-state index contributed by atoms with van der Waals surface area (Å²) in [5.41, 5.74) is 0. The summed E-state index contributed by atoms with van der Waals surface area (Å²) in [6.07, 6.45) is 3.68. The minimum absolute atomic E-state index is 0. The Morgan fingerprint density at radius 2 is 1.57 bits per heavy atom. The van der Waals surface area contributed by atoms with Crippen LogP contribution in [0.3, 0.4) is 0 Å². The first-order valence-corrected chi connectivity index (χ1v) is 9.12. The van der Waals surface area contributed by atoms with Crippen LogP contribution < -0.4 is 0 Å². The molecule has 0 spiro atoms. The van der Waals surface area contributed by atoms with Gasteiger partial charge in [0.25, 0.3) is 0 Å². The molecule has 0 bridgehead atoms. The Balaban J connectivity index is 0.000000381. The number of nitrogens with two attached hydrogens (primary N) is 1. The smallest absolute Gasteiger partial charge is 0.0346 e. The molecule has 0 saturated carbocycles. The summed E-state index contributed by atoms with van der Waals surface area (Å²) in [6, 6.07) is 10.2. The van der Waals surface area contributed by atoms with E-state index in [1.54, 1.807) is 0 Å². The van der Waals surface area contributed by atoms with E-state index >= 15 is 0 Å². The van der Waals surface area contributed by atoms with Crippen LogP contribution in [0.2, 0.25) is 0 Å². The van der Waals surface area contributed by atoms with E-state index in [0.29, 0.717) is 0 Å². The van der Waals surface area contributed by atoms with Gasteiger partial charge in [-0.25, -0.2) is 0 Å². The maximum atomic E-state index is 4.88. The second kappa shape index (κ2) is 8.19. The number of pyridine rings is 1. The maximum Gasteiger partial charge on any atom is 0.0346 e. The van der Waals surface area contributed by atoms with E-state index < -0.39 is 16.5 Å². The van der Waals surface area contributed by atoms with E-state index in [2.05, 4.69) is 17.1 Å². The van der Waals surface area contributed by atoms with Gasteiger partial charge in [0.1, 0.15) is 0 Å². The van der Waals surface area contributed by atoms with E-state index in [4.69, 9.17) is 18.8 Å². The molecular weight excluding hydrogens is 402 g/mol. The van der Waals surface area contributed by atoms with Crippen LogP contribution in [-0.4, -0.2) is 4.98 Å². The van der Waals surface area contributed by atoms with Crippen molar-refractivity contribution in [1.29, 1.82) is 0 Å². The van der Waals surface area contributed by atoms with Gasteiger partial charge >= 0.3 is 35.3 Å². The van der Waals surface area contributed by atoms with Crippen molar-refractivity contribution in [3.63, 3.8) is 0 Å². The van der Waals surface area contributed by atoms with Crippen LogP contribution in [0.5, 0.6) is 0 Å². The fraction of sp³-hybridized carbons (Fsp3) is 0. The van der Waals surface area contributed by atoms with Crippen molar-refractivity contribution in [1.82, 2.24) is 4.98 Å². The van der Waals surface area contributed by atoms with Crippen molar-refractivity contribution in [3.8, 4) is 0 Å². The molecule has 0 amide bonds. The minimum Gasteiger partial charge on any atom is -0.693 e. The number of halogens is 2. The molecule has 1 aromatic heterocycles. The van der Waals surface area contributed by atoms with Gasteiger partial charge < -0.3 is 6.15 Å². The summed E-state index contributed by atoms with van der Waals surface area (Å²) in [6.45, 7) is 0. The Kier molecular flexibility index (Phi) is 8.11. The third-order valence-corrected chi connectivity index (χ3v) is 1.55. The molecule has 2 rings (SSSR count). The Bertz CT molecular complexity index is 305. The van der Waals surface area contributed by atoms with Gasteiger partial charge in [0.15, 0.2) is 0 Å². The Morgan fingerprint density at radius 3 is 2.14 bits per heavy atom. The van der Waals surface area contributed by atoms with Crippen molar-refractivity contribution >= 4 is 29.6 Å². The van der Waals surface area contributed by atoms with Gasteiger partial charge in [-0.1, -0.05) is 24.3 Å². The summed E-state index contributed by atoms with van der Waals surface area (Å²) < 4.78 is 0. The third kappa shape index (κ3) is 4.38. The van der Waals surface area contributed by atoms with Crippen molar-refractivity contribution in [2.24, 2.45) is 0 Å². The quantitative estimate of drug-likeness (QED) is 0.637. The van der Waals surface area contributed by atoms with Gasteiger partial charge in [-0.15, -0.1) is 0 Å². The molecule has 80 valence electrons. The Labute approximate surface area is 99.6 Å². The number of rotatable bonds is 0. The van der Waals surface area contributed by atoms with Crippen LogP contribution in [-0.2, 0) is 16.5 Å². The largest absolute Gasteiger partial charge is 0.693 e. The predicted octanol–water partition coefficient (Wildman–Crippen LogP) is 4.33. The molecule has 0 aliphatic heterocycles. The number of hydrogen-bond donors (Lipinski definition) is 0.